The van der Waals surface area contributed by atoms with E-state index in [4.69, 9.17) is 9.47 Å². The fourth-order valence-electron chi connectivity index (χ4n) is 2.83. The van der Waals surface area contributed by atoms with Gasteiger partial charge in [0.05, 0.1) is 13.2 Å². The third-order valence-electron chi connectivity index (χ3n) is 4.17. The number of ether oxygens (including phenoxy) is 2. The summed E-state index contributed by atoms with van der Waals surface area (Å²) >= 11 is 0. The SMILES string of the molecule is COc1ccccc1OC[C@@H](C)NC(=O)c1cc2cc(F)ccc2n1C. The van der Waals surface area contributed by atoms with Crippen LogP contribution in [0, 0.1) is 5.82 Å². The molecule has 2 aromatic carbocycles. The number of fused-ring (bicyclic) bond motifs is 1. The summed E-state index contributed by atoms with van der Waals surface area (Å²) in [5.74, 6) is 0.701. The highest BCUT2D eigenvalue weighted by Gasteiger charge is 2.16. The lowest BCUT2D eigenvalue weighted by Crippen LogP contribution is -2.37. The Kier molecular flexibility index (Phi) is 5.11. The molecule has 26 heavy (non-hydrogen) atoms. The Labute approximate surface area is 151 Å². The number of hydrogen-bond donors (Lipinski definition) is 1. The predicted molar refractivity (Wildman–Crippen MR) is 98.3 cm³/mol. The largest absolute Gasteiger partial charge is 0.493 e. The molecule has 6 heteroatoms. The van der Waals surface area contributed by atoms with Crippen LogP contribution in [0.15, 0.2) is 48.5 Å². The van der Waals surface area contributed by atoms with E-state index in [-0.39, 0.29) is 17.8 Å². The molecule has 0 radical (unpaired) electrons. The van der Waals surface area contributed by atoms with E-state index in [1.165, 1.54) is 12.1 Å². The van der Waals surface area contributed by atoms with E-state index in [0.29, 0.717) is 29.2 Å². The lowest BCUT2D eigenvalue weighted by molar-refractivity contribution is 0.0918. The summed E-state index contributed by atoms with van der Waals surface area (Å²) in [7, 11) is 3.36. The van der Waals surface area contributed by atoms with Crippen molar-refractivity contribution in [2.45, 2.75) is 13.0 Å². The first-order valence-corrected chi connectivity index (χ1v) is 8.31. The number of methoxy groups -OCH3 is 1. The molecule has 1 atom stereocenters. The zero-order valence-electron chi connectivity index (χ0n) is 15.0. The summed E-state index contributed by atoms with van der Waals surface area (Å²) in [6.45, 7) is 2.15. The van der Waals surface area contributed by atoms with Gasteiger partial charge in [-0.1, -0.05) is 12.1 Å². The van der Waals surface area contributed by atoms with Gasteiger partial charge in [0.15, 0.2) is 11.5 Å². The number of nitrogens with zero attached hydrogens (tertiary/aromatic N) is 1. The van der Waals surface area contributed by atoms with Crippen LogP contribution in [-0.4, -0.2) is 30.2 Å². The van der Waals surface area contributed by atoms with Gasteiger partial charge in [0.1, 0.15) is 18.1 Å². The van der Waals surface area contributed by atoms with Gasteiger partial charge in [0.2, 0.25) is 0 Å². The van der Waals surface area contributed by atoms with Crippen molar-refractivity contribution in [1.82, 2.24) is 9.88 Å². The van der Waals surface area contributed by atoms with E-state index < -0.39 is 0 Å². The molecule has 0 aliphatic carbocycles. The summed E-state index contributed by atoms with van der Waals surface area (Å²) in [4.78, 5) is 12.6. The number of carbonyl (C=O) groups excluding carboxylic acids is 1. The molecule has 0 unspecified atom stereocenters. The monoisotopic (exact) mass is 356 g/mol. The fourth-order valence-corrected chi connectivity index (χ4v) is 2.83. The molecule has 136 valence electrons. The van der Waals surface area contributed by atoms with Gasteiger partial charge in [-0.2, -0.15) is 0 Å². The maximum atomic E-state index is 13.4. The van der Waals surface area contributed by atoms with Crippen LogP contribution >= 0.6 is 0 Å². The smallest absolute Gasteiger partial charge is 0.268 e. The van der Waals surface area contributed by atoms with Crippen molar-refractivity contribution in [3.05, 3.63) is 60.0 Å². The number of benzene rings is 2. The Morgan fingerprint density at radius 2 is 1.92 bits per heavy atom. The molecule has 0 aliphatic rings. The fraction of sp³-hybridized carbons (Fsp3) is 0.250. The number of rotatable bonds is 6. The van der Waals surface area contributed by atoms with Crippen molar-refractivity contribution in [3.8, 4) is 11.5 Å². The minimum atomic E-state index is -0.325. The molecular weight excluding hydrogens is 335 g/mol. The Hall–Kier alpha value is -3.02. The average molecular weight is 356 g/mol. The Morgan fingerprint density at radius 3 is 2.65 bits per heavy atom. The van der Waals surface area contributed by atoms with Gasteiger partial charge in [-0.05, 0) is 43.3 Å². The number of aryl methyl sites for hydroxylation is 1. The maximum absolute atomic E-state index is 13.4. The number of aromatic nitrogens is 1. The highest BCUT2D eigenvalue weighted by molar-refractivity contribution is 5.98. The van der Waals surface area contributed by atoms with Crippen LogP contribution in [0.25, 0.3) is 10.9 Å². The molecule has 5 nitrogen and oxygen atoms in total. The molecule has 3 aromatic rings. The molecule has 1 amide bonds. The number of hydrogen-bond acceptors (Lipinski definition) is 3. The van der Waals surface area contributed by atoms with Crippen LogP contribution in [0.1, 0.15) is 17.4 Å². The summed E-state index contributed by atoms with van der Waals surface area (Å²) in [6, 6.07) is 13.3. The molecule has 1 heterocycles. The molecule has 0 saturated heterocycles. The second kappa shape index (κ2) is 7.47. The van der Waals surface area contributed by atoms with Crippen molar-refractivity contribution in [1.29, 1.82) is 0 Å². The maximum Gasteiger partial charge on any atom is 0.268 e. The molecule has 1 N–H and O–H groups in total. The van der Waals surface area contributed by atoms with Crippen molar-refractivity contribution in [2.24, 2.45) is 7.05 Å². The molecule has 0 saturated carbocycles. The van der Waals surface area contributed by atoms with Gasteiger partial charge < -0.3 is 19.4 Å². The Balaban J connectivity index is 1.67. The van der Waals surface area contributed by atoms with Crippen molar-refractivity contribution < 1.29 is 18.7 Å². The standard InChI is InChI=1S/C20H21FN2O3/c1-13(12-26-19-7-5-4-6-18(19)25-3)22-20(24)17-11-14-10-15(21)8-9-16(14)23(17)2/h4-11,13H,12H2,1-3H3,(H,22,24)/t13-/m1/s1. The Morgan fingerprint density at radius 1 is 1.19 bits per heavy atom. The van der Waals surface area contributed by atoms with Crippen molar-refractivity contribution in [2.75, 3.05) is 13.7 Å². The van der Waals surface area contributed by atoms with Crippen LogP contribution in [0.5, 0.6) is 11.5 Å². The minimum Gasteiger partial charge on any atom is -0.493 e. The van der Waals surface area contributed by atoms with E-state index in [0.717, 1.165) is 5.52 Å². The summed E-state index contributed by atoms with van der Waals surface area (Å²) in [5, 5.41) is 3.59. The second-order valence-corrected chi connectivity index (χ2v) is 6.13. The number of amides is 1. The number of para-hydroxylation sites is 2. The molecule has 0 bridgehead atoms. The van der Waals surface area contributed by atoms with Gasteiger partial charge in [0, 0.05) is 18.0 Å². The van der Waals surface area contributed by atoms with E-state index in [1.807, 2.05) is 31.2 Å². The first-order valence-electron chi connectivity index (χ1n) is 8.31. The molecule has 1 aromatic heterocycles. The van der Waals surface area contributed by atoms with Gasteiger partial charge in [-0.3, -0.25) is 4.79 Å². The zero-order valence-corrected chi connectivity index (χ0v) is 15.0. The molecule has 0 fully saturated rings. The van der Waals surface area contributed by atoms with Crippen LogP contribution < -0.4 is 14.8 Å². The number of halogens is 1. The van der Waals surface area contributed by atoms with Gasteiger partial charge in [0.25, 0.3) is 5.91 Å². The third-order valence-corrected chi connectivity index (χ3v) is 4.17. The molecule has 0 aliphatic heterocycles. The van der Waals surface area contributed by atoms with Gasteiger partial charge in [-0.15, -0.1) is 0 Å². The van der Waals surface area contributed by atoms with Crippen LogP contribution in [0.4, 0.5) is 4.39 Å². The normalized spacial score (nSPS) is 12.0. The quantitative estimate of drug-likeness (QED) is 0.735. The van der Waals surface area contributed by atoms with Crippen molar-refractivity contribution in [3.63, 3.8) is 0 Å². The summed E-state index contributed by atoms with van der Waals surface area (Å²) in [5.41, 5.74) is 1.27. The number of carbonyl (C=O) groups is 1. The third kappa shape index (κ3) is 3.64. The van der Waals surface area contributed by atoms with Crippen molar-refractivity contribution >= 4 is 16.8 Å². The van der Waals surface area contributed by atoms with E-state index in [2.05, 4.69) is 5.32 Å². The Bertz CT molecular complexity index is 936. The second-order valence-electron chi connectivity index (χ2n) is 6.13. The first kappa shape index (κ1) is 17.8. The number of nitrogens with one attached hydrogen (secondary N) is 1. The topological polar surface area (TPSA) is 52.5 Å². The molecule has 0 spiro atoms. The van der Waals surface area contributed by atoms with Gasteiger partial charge in [-0.25, -0.2) is 4.39 Å². The lowest BCUT2D eigenvalue weighted by Gasteiger charge is -2.16. The predicted octanol–water partition coefficient (Wildman–Crippen LogP) is 3.52. The van der Waals surface area contributed by atoms with Crippen LogP contribution in [0.3, 0.4) is 0 Å². The summed E-state index contributed by atoms with van der Waals surface area (Å²) in [6.07, 6.45) is 0. The lowest BCUT2D eigenvalue weighted by atomic mass is 10.2. The van der Waals surface area contributed by atoms with Crippen LogP contribution in [-0.2, 0) is 7.05 Å². The molecular formula is C20H21FN2O3. The highest BCUT2D eigenvalue weighted by atomic mass is 19.1. The minimum absolute atomic E-state index is 0.220. The van der Waals surface area contributed by atoms with E-state index >= 15 is 0 Å². The van der Waals surface area contributed by atoms with E-state index in [9.17, 15) is 9.18 Å². The first-order chi connectivity index (χ1) is 12.5. The van der Waals surface area contributed by atoms with Gasteiger partial charge >= 0.3 is 0 Å². The van der Waals surface area contributed by atoms with Crippen LogP contribution in [0.2, 0.25) is 0 Å². The highest BCUT2D eigenvalue weighted by Crippen LogP contribution is 2.25. The summed E-state index contributed by atoms with van der Waals surface area (Å²) < 4.78 is 26.1. The zero-order chi connectivity index (χ0) is 18.7. The average Bonchev–Trinajstić information content (AvgIpc) is 2.96. The van der Waals surface area contributed by atoms with E-state index in [1.54, 1.807) is 30.9 Å². The molecule has 3 rings (SSSR count).